The molecule has 1 fully saturated rings. The third kappa shape index (κ3) is 4.30. The van der Waals surface area contributed by atoms with Crippen LogP contribution >= 0.6 is 15.9 Å². The van der Waals surface area contributed by atoms with Crippen molar-refractivity contribution in [2.45, 2.75) is 17.7 Å². The lowest BCUT2D eigenvalue weighted by Gasteiger charge is -2.31. The first kappa shape index (κ1) is 20.7. The predicted molar refractivity (Wildman–Crippen MR) is 116 cm³/mol. The van der Waals surface area contributed by atoms with Gasteiger partial charge in [0.05, 0.1) is 22.2 Å². The zero-order valence-electron chi connectivity index (χ0n) is 16.0. The molecule has 1 N–H and O–H groups in total. The second kappa shape index (κ2) is 8.66. The van der Waals surface area contributed by atoms with Crippen molar-refractivity contribution in [3.8, 4) is 5.69 Å². The lowest BCUT2D eigenvalue weighted by molar-refractivity contribution is -0.120. The normalized spacial score (nSPS) is 17.6. The van der Waals surface area contributed by atoms with E-state index in [1.54, 1.807) is 41.3 Å². The Morgan fingerprint density at radius 2 is 1.90 bits per heavy atom. The number of nitrogens with zero attached hydrogens (tertiary/aromatic N) is 4. The van der Waals surface area contributed by atoms with E-state index in [-0.39, 0.29) is 17.3 Å². The van der Waals surface area contributed by atoms with Crippen LogP contribution in [0.3, 0.4) is 0 Å². The number of hydrogen-bond acceptors (Lipinski definition) is 5. The lowest BCUT2D eigenvalue weighted by atomic mass is 9.98. The van der Waals surface area contributed by atoms with E-state index in [0.717, 1.165) is 4.47 Å². The summed E-state index contributed by atoms with van der Waals surface area (Å²) >= 11 is 3.32. The van der Waals surface area contributed by atoms with Gasteiger partial charge in [-0.15, -0.1) is 0 Å². The molecule has 0 unspecified atom stereocenters. The topological polar surface area (TPSA) is 97.2 Å². The molecule has 1 atom stereocenters. The molecule has 8 nitrogen and oxygen atoms in total. The first-order valence-corrected chi connectivity index (χ1v) is 11.7. The molecule has 0 spiro atoms. The maximum absolute atomic E-state index is 13.0. The van der Waals surface area contributed by atoms with Crippen molar-refractivity contribution in [1.82, 2.24) is 19.1 Å². The second-order valence-electron chi connectivity index (χ2n) is 7.00. The second-order valence-corrected chi connectivity index (χ2v) is 9.86. The van der Waals surface area contributed by atoms with Gasteiger partial charge in [-0.25, -0.2) is 18.1 Å². The first-order chi connectivity index (χ1) is 14.4. The summed E-state index contributed by atoms with van der Waals surface area (Å²) in [5.74, 6) is -0.647. The third-order valence-electron chi connectivity index (χ3n) is 5.03. The monoisotopic (exact) mass is 489 g/mol. The van der Waals surface area contributed by atoms with E-state index in [0.29, 0.717) is 30.8 Å². The van der Waals surface area contributed by atoms with Crippen LogP contribution in [0.5, 0.6) is 0 Å². The number of halogens is 1. The van der Waals surface area contributed by atoms with Gasteiger partial charge in [0, 0.05) is 17.6 Å². The van der Waals surface area contributed by atoms with Gasteiger partial charge in [0.25, 0.3) is 0 Å². The zero-order valence-corrected chi connectivity index (χ0v) is 18.4. The number of benzene rings is 2. The summed E-state index contributed by atoms with van der Waals surface area (Å²) in [5, 5.41) is 7.05. The van der Waals surface area contributed by atoms with Crippen LogP contribution in [0.4, 0.5) is 5.69 Å². The van der Waals surface area contributed by atoms with Crippen LogP contribution < -0.4 is 5.32 Å². The van der Waals surface area contributed by atoms with Crippen molar-refractivity contribution < 1.29 is 13.2 Å². The van der Waals surface area contributed by atoms with Crippen molar-refractivity contribution >= 4 is 37.5 Å². The molecule has 10 heteroatoms. The van der Waals surface area contributed by atoms with Crippen LogP contribution in [0.25, 0.3) is 5.69 Å². The summed E-state index contributed by atoms with van der Waals surface area (Å²) in [4.78, 5) is 17.1. The van der Waals surface area contributed by atoms with Gasteiger partial charge in [0.15, 0.2) is 0 Å². The highest BCUT2D eigenvalue weighted by atomic mass is 79.9. The smallest absolute Gasteiger partial charge is 0.243 e. The molecular weight excluding hydrogens is 470 g/mol. The molecule has 30 heavy (non-hydrogen) atoms. The van der Waals surface area contributed by atoms with E-state index in [1.165, 1.54) is 10.6 Å². The number of sulfonamides is 1. The number of nitrogens with one attached hydrogen (secondary N) is 1. The number of carbonyl (C=O) groups excluding carboxylic acids is 1. The van der Waals surface area contributed by atoms with Crippen LogP contribution in [-0.4, -0.2) is 46.5 Å². The number of piperidine rings is 1. The number of rotatable bonds is 5. The Labute approximate surface area is 183 Å². The first-order valence-electron chi connectivity index (χ1n) is 9.46. The van der Waals surface area contributed by atoms with Crippen LogP contribution in [-0.2, 0) is 14.8 Å². The molecular formula is C20H20BrN5O3S. The average molecular weight is 490 g/mol. The van der Waals surface area contributed by atoms with E-state index in [9.17, 15) is 13.2 Å². The quantitative estimate of drug-likeness (QED) is 0.593. The molecule has 1 amide bonds. The van der Waals surface area contributed by atoms with Crippen molar-refractivity contribution in [1.29, 1.82) is 0 Å². The third-order valence-corrected chi connectivity index (χ3v) is 7.44. The molecule has 4 rings (SSSR count). The van der Waals surface area contributed by atoms with Gasteiger partial charge in [0.1, 0.15) is 12.7 Å². The zero-order chi connectivity index (χ0) is 21.1. The SMILES string of the molecule is O=C(Nc1ccccc1-n1cncn1)[C@@H]1CCCN(S(=O)(=O)c2ccc(Br)cc2)C1. The molecule has 1 saturated heterocycles. The molecule has 0 radical (unpaired) electrons. The number of carbonyl (C=O) groups is 1. The molecule has 1 aliphatic rings. The summed E-state index contributed by atoms with van der Waals surface area (Å²) in [6.45, 7) is 0.549. The molecule has 2 aromatic carbocycles. The Morgan fingerprint density at radius 1 is 1.13 bits per heavy atom. The Morgan fingerprint density at radius 3 is 2.63 bits per heavy atom. The summed E-state index contributed by atoms with van der Waals surface area (Å²) in [5.41, 5.74) is 1.29. The van der Waals surface area contributed by atoms with E-state index in [4.69, 9.17) is 0 Å². The minimum absolute atomic E-state index is 0.149. The molecule has 3 aromatic rings. The average Bonchev–Trinajstić information content (AvgIpc) is 3.29. The summed E-state index contributed by atoms with van der Waals surface area (Å²) in [6, 6.07) is 13.8. The van der Waals surface area contributed by atoms with Gasteiger partial charge >= 0.3 is 0 Å². The predicted octanol–water partition coefficient (Wildman–Crippen LogP) is 3.07. The highest BCUT2D eigenvalue weighted by Gasteiger charge is 2.33. The van der Waals surface area contributed by atoms with Crippen molar-refractivity contribution in [2.24, 2.45) is 5.92 Å². The minimum Gasteiger partial charge on any atom is -0.324 e. The van der Waals surface area contributed by atoms with E-state index < -0.39 is 15.9 Å². The maximum Gasteiger partial charge on any atom is 0.243 e. The maximum atomic E-state index is 13.0. The lowest BCUT2D eigenvalue weighted by Crippen LogP contribution is -2.43. The highest BCUT2D eigenvalue weighted by molar-refractivity contribution is 9.10. The summed E-state index contributed by atoms with van der Waals surface area (Å²) < 4.78 is 29.8. The Bertz CT molecular complexity index is 1130. The van der Waals surface area contributed by atoms with Crippen LogP contribution in [0.15, 0.2) is 70.6 Å². The van der Waals surface area contributed by atoms with Crippen LogP contribution in [0.2, 0.25) is 0 Å². The largest absolute Gasteiger partial charge is 0.324 e. The fraction of sp³-hybridized carbons (Fsp3) is 0.250. The Hall–Kier alpha value is -2.56. The number of aromatic nitrogens is 3. The van der Waals surface area contributed by atoms with E-state index >= 15 is 0 Å². The molecule has 2 heterocycles. The number of amides is 1. The van der Waals surface area contributed by atoms with E-state index in [2.05, 4.69) is 31.3 Å². The van der Waals surface area contributed by atoms with Crippen LogP contribution in [0, 0.1) is 5.92 Å². The van der Waals surface area contributed by atoms with Gasteiger partial charge < -0.3 is 5.32 Å². The number of para-hydroxylation sites is 2. The molecule has 0 aliphatic carbocycles. The number of hydrogen-bond donors (Lipinski definition) is 1. The Balaban J connectivity index is 1.50. The summed E-state index contributed by atoms with van der Waals surface area (Å²) in [7, 11) is -3.65. The molecule has 156 valence electrons. The standard InChI is InChI=1S/C20H20BrN5O3S/c21-16-7-9-17(10-8-16)30(28,29)25-11-3-4-15(12-25)20(27)24-18-5-1-2-6-19(18)26-14-22-13-23-26/h1-2,5-10,13-15H,3-4,11-12H2,(H,24,27)/t15-/m1/s1. The van der Waals surface area contributed by atoms with E-state index in [1.807, 2.05) is 18.2 Å². The van der Waals surface area contributed by atoms with Crippen LogP contribution in [0.1, 0.15) is 12.8 Å². The molecule has 0 saturated carbocycles. The van der Waals surface area contributed by atoms with Gasteiger partial charge in [-0.2, -0.15) is 9.40 Å². The van der Waals surface area contributed by atoms with Gasteiger partial charge in [0.2, 0.25) is 15.9 Å². The van der Waals surface area contributed by atoms with Crippen molar-refractivity contribution in [3.63, 3.8) is 0 Å². The van der Waals surface area contributed by atoms with Gasteiger partial charge in [-0.05, 0) is 49.2 Å². The highest BCUT2D eigenvalue weighted by Crippen LogP contribution is 2.26. The molecule has 1 aliphatic heterocycles. The van der Waals surface area contributed by atoms with Crippen molar-refractivity contribution in [3.05, 3.63) is 65.7 Å². The van der Waals surface area contributed by atoms with Gasteiger partial charge in [-0.3, -0.25) is 4.79 Å². The van der Waals surface area contributed by atoms with Crippen molar-refractivity contribution in [2.75, 3.05) is 18.4 Å². The Kier molecular flexibility index (Phi) is 5.98. The minimum atomic E-state index is -3.65. The summed E-state index contributed by atoms with van der Waals surface area (Å²) in [6.07, 6.45) is 4.23. The fourth-order valence-electron chi connectivity index (χ4n) is 3.48. The van der Waals surface area contributed by atoms with Gasteiger partial charge in [-0.1, -0.05) is 28.1 Å². The molecule has 0 bridgehead atoms. The molecule has 1 aromatic heterocycles. The fourth-order valence-corrected chi connectivity index (χ4v) is 5.27. The number of anilines is 1.